The van der Waals surface area contributed by atoms with Crippen LogP contribution in [0.4, 0.5) is 0 Å². The third kappa shape index (κ3) is 4.94. The van der Waals surface area contributed by atoms with Crippen LogP contribution in [0.5, 0.6) is 0 Å². The number of hydrogen-bond donors (Lipinski definition) is 2. The van der Waals surface area contributed by atoms with E-state index >= 15 is 0 Å². The minimum atomic E-state index is -1.04. The van der Waals surface area contributed by atoms with Crippen LogP contribution in [-0.2, 0) is 9.59 Å². The van der Waals surface area contributed by atoms with Gasteiger partial charge in [0.15, 0.2) is 0 Å². The van der Waals surface area contributed by atoms with E-state index in [9.17, 15) is 9.59 Å². The number of rotatable bonds is 6. The van der Waals surface area contributed by atoms with Crippen LogP contribution in [-0.4, -0.2) is 23.0 Å². The summed E-state index contributed by atoms with van der Waals surface area (Å²) in [6, 6.07) is 7.91. The van der Waals surface area contributed by atoms with E-state index in [2.05, 4.69) is 5.32 Å². The van der Waals surface area contributed by atoms with E-state index in [1.54, 1.807) is 30.3 Å². The summed E-state index contributed by atoms with van der Waals surface area (Å²) in [7, 11) is 0. The quantitative estimate of drug-likeness (QED) is 0.774. The van der Waals surface area contributed by atoms with Gasteiger partial charge in [-0.1, -0.05) is 25.5 Å². The molecule has 0 aliphatic carbocycles. The topological polar surface area (TPSA) is 90.2 Å². The Bertz CT molecular complexity index is 558. The number of benzene rings is 1. The van der Waals surface area contributed by atoms with Crippen LogP contribution in [0.25, 0.3) is 6.08 Å². The Hall–Kier alpha value is -2.61. The zero-order chi connectivity index (χ0) is 15.0. The molecule has 2 N–H and O–H groups in total. The summed E-state index contributed by atoms with van der Waals surface area (Å²) in [6.07, 6.45) is 3.87. The maximum absolute atomic E-state index is 11.6. The van der Waals surface area contributed by atoms with Gasteiger partial charge in [0, 0.05) is 6.08 Å². The lowest BCUT2D eigenvalue weighted by atomic mass is 10.1. The standard InChI is InChI=1S/C15H16N2O3/c1-2-4-13(15(19)20)17-14(18)8-7-11-5-3-6-12(9-11)10-16/h3,5-9,13H,2,4H2,1H3,(H,17,18)(H,19,20)/b8-7+/t13-/m0/s1. The third-order valence-electron chi connectivity index (χ3n) is 2.63. The van der Waals surface area contributed by atoms with E-state index in [0.29, 0.717) is 24.0 Å². The summed E-state index contributed by atoms with van der Waals surface area (Å²) >= 11 is 0. The minimum Gasteiger partial charge on any atom is -0.480 e. The van der Waals surface area contributed by atoms with Crippen molar-refractivity contribution in [1.82, 2.24) is 5.32 Å². The van der Waals surface area contributed by atoms with E-state index in [0.717, 1.165) is 0 Å². The molecule has 5 nitrogen and oxygen atoms in total. The Kier molecular flexibility index (Phi) is 5.98. The van der Waals surface area contributed by atoms with Gasteiger partial charge in [0.2, 0.25) is 5.91 Å². The molecule has 0 aliphatic heterocycles. The number of nitrogens with zero attached hydrogens (tertiary/aromatic N) is 1. The fraction of sp³-hybridized carbons (Fsp3) is 0.267. The molecule has 1 rings (SSSR count). The first kappa shape index (κ1) is 15.4. The van der Waals surface area contributed by atoms with Crippen LogP contribution in [0.15, 0.2) is 30.3 Å². The fourth-order valence-corrected chi connectivity index (χ4v) is 1.65. The fourth-order valence-electron chi connectivity index (χ4n) is 1.65. The number of hydrogen-bond acceptors (Lipinski definition) is 3. The largest absolute Gasteiger partial charge is 0.480 e. The molecule has 0 unspecified atom stereocenters. The maximum Gasteiger partial charge on any atom is 0.326 e. The van der Waals surface area contributed by atoms with E-state index in [1.807, 2.05) is 13.0 Å². The summed E-state index contributed by atoms with van der Waals surface area (Å²) in [6.45, 7) is 1.85. The van der Waals surface area contributed by atoms with Gasteiger partial charge in [0.25, 0.3) is 0 Å². The summed E-state index contributed by atoms with van der Waals surface area (Å²) in [5, 5.41) is 20.1. The van der Waals surface area contributed by atoms with Gasteiger partial charge in [-0.25, -0.2) is 4.79 Å². The molecule has 5 heteroatoms. The minimum absolute atomic E-state index is 0.388. The first-order chi connectivity index (χ1) is 9.56. The van der Waals surface area contributed by atoms with Gasteiger partial charge in [-0.15, -0.1) is 0 Å². The summed E-state index contributed by atoms with van der Waals surface area (Å²) in [5.41, 5.74) is 1.21. The molecule has 1 atom stereocenters. The van der Waals surface area contributed by atoms with Crippen molar-refractivity contribution in [2.24, 2.45) is 0 Å². The van der Waals surface area contributed by atoms with Crippen molar-refractivity contribution in [1.29, 1.82) is 5.26 Å². The average Bonchev–Trinajstić information content (AvgIpc) is 2.44. The van der Waals surface area contributed by atoms with E-state index in [4.69, 9.17) is 10.4 Å². The van der Waals surface area contributed by atoms with Crippen LogP contribution in [0.3, 0.4) is 0 Å². The Morgan fingerprint density at radius 2 is 2.25 bits per heavy atom. The van der Waals surface area contributed by atoms with Crippen molar-refractivity contribution in [3.8, 4) is 6.07 Å². The van der Waals surface area contributed by atoms with E-state index in [-0.39, 0.29) is 0 Å². The van der Waals surface area contributed by atoms with Gasteiger partial charge in [0.05, 0.1) is 11.6 Å². The predicted molar refractivity (Wildman–Crippen MR) is 74.7 cm³/mol. The molecule has 0 fully saturated rings. The summed E-state index contributed by atoms with van der Waals surface area (Å²) < 4.78 is 0. The highest BCUT2D eigenvalue weighted by molar-refractivity contribution is 5.94. The molecule has 0 aromatic heterocycles. The molecule has 0 saturated heterocycles. The highest BCUT2D eigenvalue weighted by Gasteiger charge is 2.17. The van der Waals surface area contributed by atoms with Gasteiger partial charge in [-0.05, 0) is 30.2 Å². The van der Waals surface area contributed by atoms with Crippen molar-refractivity contribution in [2.75, 3.05) is 0 Å². The van der Waals surface area contributed by atoms with Gasteiger partial charge in [0.1, 0.15) is 6.04 Å². The lowest BCUT2D eigenvalue weighted by molar-refractivity contribution is -0.141. The predicted octanol–water partition coefficient (Wildman–Crippen LogP) is 1.94. The molecule has 1 aromatic carbocycles. The Morgan fingerprint density at radius 1 is 1.50 bits per heavy atom. The van der Waals surface area contributed by atoms with E-state index in [1.165, 1.54) is 6.08 Å². The van der Waals surface area contributed by atoms with E-state index < -0.39 is 17.9 Å². The molecule has 0 radical (unpaired) electrons. The summed E-state index contributed by atoms with van der Waals surface area (Å²) in [4.78, 5) is 22.5. The second-order valence-corrected chi connectivity index (χ2v) is 4.26. The van der Waals surface area contributed by atoms with Gasteiger partial charge in [-0.3, -0.25) is 4.79 Å². The number of carbonyl (C=O) groups excluding carboxylic acids is 1. The smallest absolute Gasteiger partial charge is 0.326 e. The molecule has 0 saturated carbocycles. The number of aliphatic carboxylic acids is 1. The number of carbonyl (C=O) groups is 2. The van der Waals surface area contributed by atoms with Crippen LogP contribution in [0.2, 0.25) is 0 Å². The number of nitriles is 1. The molecule has 1 amide bonds. The van der Waals surface area contributed by atoms with Crippen molar-refractivity contribution < 1.29 is 14.7 Å². The second kappa shape index (κ2) is 7.74. The van der Waals surface area contributed by atoms with Crippen molar-refractivity contribution >= 4 is 18.0 Å². The van der Waals surface area contributed by atoms with Crippen LogP contribution < -0.4 is 5.32 Å². The molecule has 0 spiro atoms. The summed E-state index contributed by atoms with van der Waals surface area (Å²) in [5.74, 6) is -1.51. The lowest BCUT2D eigenvalue weighted by Gasteiger charge is -2.11. The SMILES string of the molecule is CCC[C@H](NC(=O)/C=C/c1cccc(C#N)c1)C(=O)O. The Labute approximate surface area is 117 Å². The average molecular weight is 272 g/mol. The molecular weight excluding hydrogens is 256 g/mol. The number of nitrogens with one attached hydrogen (secondary N) is 1. The molecule has 0 heterocycles. The van der Waals surface area contributed by atoms with Gasteiger partial charge >= 0.3 is 5.97 Å². The zero-order valence-corrected chi connectivity index (χ0v) is 11.2. The molecule has 1 aromatic rings. The molecule has 0 bridgehead atoms. The monoisotopic (exact) mass is 272 g/mol. The van der Waals surface area contributed by atoms with Crippen molar-refractivity contribution in [2.45, 2.75) is 25.8 Å². The Morgan fingerprint density at radius 3 is 2.85 bits per heavy atom. The van der Waals surface area contributed by atoms with Gasteiger partial charge < -0.3 is 10.4 Å². The van der Waals surface area contributed by atoms with Crippen LogP contribution in [0.1, 0.15) is 30.9 Å². The molecule has 0 aliphatic rings. The van der Waals surface area contributed by atoms with Gasteiger partial charge in [-0.2, -0.15) is 5.26 Å². The first-order valence-corrected chi connectivity index (χ1v) is 6.28. The highest BCUT2D eigenvalue weighted by atomic mass is 16.4. The Balaban J connectivity index is 2.67. The third-order valence-corrected chi connectivity index (χ3v) is 2.63. The van der Waals surface area contributed by atoms with Crippen molar-refractivity contribution in [3.63, 3.8) is 0 Å². The lowest BCUT2D eigenvalue weighted by Crippen LogP contribution is -2.39. The number of amides is 1. The molecular formula is C15H16N2O3. The van der Waals surface area contributed by atoms with Crippen LogP contribution in [0, 0.1) is 11.3 Å². The number of carboxylic acids is 1. The van der Waals surface area contributed by atoms with Crippen LogP contribution >= 0.6 is 0 Å². The molecule has 20 heavy (non-hydrogen) atoms. The zero-order valence-electron chi connectivity index (χ0n) is 11.2. The highest BCUT2D eigenvalue weighted by Crippen LogP contribution is 2.06. The maximum atomic E-state index is 11.6. The number of carboxylic acid groups (broad SMARTS) is 1. The first-order valence-electron chi connectivity index (χ1n) is 6.28. The second-order valence-electron chi connectivity index (χ2n) is 4.26. The normalized spacial score (nSPS) is 11.8. The molecule has 104 valence electrons. The van der Waals surface area contributed by atoms with Crippen molar-refractivity contribution in [3.05, 3.63) is 41.5 Å².